The highest BCUT2D eigenvalue weighted by Crippen LogP contribution is 2.39. The molecule has 6 nitrogen and oxygen atoms in total. The SMILES string of the molecule is CC1=CC[C@H](C(=O)N(c2cc(C#CC(C)(C)C)sc2C(=O)O)C2CCC(COC3CCOC3)CC2)CC1. The molecule has 1 saturated heterocycles. The Hall–Kier alpha value is -2.14. The number of allylic oxidation sites excluding steroid dienone is 2. The molecule has 0 radical (unpaired) electrons. The Kier molecular flexibility index (Phi) is 9.15. The molecule has 0 aromatic carbocycles. The van der Waals surface area contributed by atoms with Gasteiger partial charge in [-0.2, -0.15) is 0 Å². The van der Waals surface area contributed by atoms with Crippen LogP contribution in [-0.4, -0.2) is 48.9 Å². The Labute approximate surface area is 225 Å². The summed E-state index contributed by atoms with van der Waals surface area (Å²) in [6.07, 6.45) is 9.41. The molecule has 3 aliphatic rings. The summed E-state index contributed by atoms with van der Waals surface area (Å²) in [5.41, 5.74) is 1.65. The van der Waals surface area contributed by atoms with E-state index < -0.39 is 5.97 Å². The minimum atomic E-state index is -0.998. The fourth-order valence-corrected chi connectivity index (χ4v) is 6.23. The van der Waals surface area contributed by atoms with Crippen molar-refractivity contribution >= 4 is 28.9 Å². The summed E-state index contributed by atoms with van der Waals surface area (Å²) in [5.74, 6) is 5.78. The smallest absolute Gasteiger partial charge is 0.348 e. The lowest BCUT2D eigenvalue weighted by Gasteiger charge is -2.39. The summed E-state index contributed by atoms with van der Waals surface area (Å²) in [5, 5.41) is 10.1. The number of anilines is 1. The van der Waals surface area contributed by atoms with Crippen LogP contribution in [0.3, 0.4) is 0 Å². The summed E-state index contributed by atoms with van der Waals surface area (Å²) >= 11 is 1.18. The molecule has 0 bridgehead atoms. The molecule has 0 spiro atoms. The van der Waals surface area contributed by atoms with Gasteiger partial charge >= 0.3 is 5.97 Å². The number of carbonyl (C=O) groups is 2. The van der Waals surface area contributed by atoms with E-state index in [1.165, 1.54) is 16.9 Å². The van der Waals surface area contributed by atoms with Crippen molar-refractivity contribution in [1.29, 1.82) is 0 Å². The Bertz CT molecular complexity index is 1060. The highest BCUT2D eigenvalue weighted by molar-refractivity contribution is 7.15. The summed E-state index contributed by atoms with van der Waals surface area (Å²) in [7, 11) is 0. The highest BCUT2D eigenvalue weighted by atomic mass is 32.1. The number of carboxylic acid groups (broad SMARTS) is 1. The zero-order chi connectivity index (χ0) is 26.6. The zero-order valence-electron chi connectivity index (χ0n) is 22.7. The molecule has 1 aromatic rings. The van der Waals surface area contributed by atoms with E-state index in [9.17, 15) is 14.7 Å². The van der Waals surface area contributed by atoms with Gasteiger partial charge in [-0.25, -0.2) is 4.79 Å². The van der Waals surface area contributed by atoms with Crippen molar-refractivity contribution in [2.45, 2.75) is 91.2 Å². The number of carbonyl (C=O) groups excluding carboxylic acids is 1. The fourth-order valence-electron chi connectivity index (χ4n) is 5.39. The molecule has 2 heterocycles. The van der Waals surface area contributed by atoms with E-state index in [0.29, 0.717) is 23.1 Å². The van der Waals surface area contributed by atoms with Crippen LogP contribution < -0.4 is 4.90 Å². The molecule has 1 unspecified atom stereocenters. The number of ether oxygens (including phenoxy) is 2. The van der Waals surface area contributed by atoms with E-state index in [1.54, 1.807) is 0 Å². The van der Waals surface area contributed by atoms with Crippen LogP contribution in [-0.2, 0) is 14.3 Å². The number of rotatable bonds is 7. The van der Waals surface area contributed by atoms with E-state index in [4.69, 9.17) is 9.47 Å². The maximum atomic E-state index is 14.0. The quantitative estimate of drug-likeness (QED) is 0.333. The van der Waals surface area contributed by atoms with Gasteiger partial charge in [-0.05, 0) is 91.0 Å². The van der Waals surface area contributed by atoms with Gasteiger partial charge in [-0.3, -0.25) is 4.79 Å². The van der Waals surface area contributed by atoms with Crippen LogP contribution in [0.2, 0.25) is 0 Å². The van der Waals surface area contributed by atoms with Crippen molar-refractivity contribution in [2.75, 3.05) is 24.7 Å². The molecule has 1 aliphatic heterocycles. The highest BCUT2D eigenvalue weighted by Gasteiger charge is 2.37. The van der Waals surface area contributed by atoms with Gasteiger partial charge in [0.05, 0.1) is 23.3 Å². The largest absolute Gasteiger partial charge is 0.477 e. The molecule has 1 aromatic heterocycles. The molecule has 1 amide bonds. The van der Waals surface area contributed by atoms with Crippen molar-refractivity contribution in [3.8, 4) is 11.8 Å². The maximum Gasteiger partial charge on any atom is 0.348 e. The number of amides is 1. The fraction of sp³-hybridized carbons (Fsp3) is 0.667. The summed E-state index contributed by atoms with van der Waals surface area (Å²) in [6, 6.07) is 1.82. The molecule has 4 rings (SSSR count). The topological polar surface area (TPSA) is 76.1 Å². The average molecular weight is 528 g/mol. The Morgan fingerprint density at radius 2 is 1.95 bits per heavy atom. The lowest BCUT2D eigenvalue weighted by molar-refractivity contribution is -0.123. The van der Waals surface area contributed by atoms with Gasteiger partial charge in [0.25, 0.3) is 0 Å². The molecule has 2 fully saturated rings. The molecular formula is C30H41NO5S. The van der Waals surface area contributed by atoms with Crippen molar-refractivity contribution in [3.05, 3.63) is 27.5 Å². The number of thiophene rings is 1. The molecule has 1 N–H and O–H groups in total. The van der Waals surface area contributed by atoms with Gasteiger partial charge in [-0.1, -0.05) is 23.5 Å². The number of hydrogen-bond donors (Lipinski definition) is 1. The first-order valence-electron chi connectivity index (χ1n) is 13.7. The second-order valence-corrected chi connectivity index (χ2v) is 12.9. The number of hydrogen-bond acceptors (Lipinski definition) is 5. The third-order valence-electron chi connectivity index (χ3n) is 7.59. The van der Waals surface area contributed by atoms with Gasteiger partial charge in [0.15, 0.2) is 0 Å². The first kappa shape index (κ1) is 27.9. The first-order valence-corrected chi connectivity index (χ1v) is 14.5. The number of aromatic carboxylic acids is 1. The monoisotopic (exact) mass is 527 g/mol. The maximum absolute atomic E-state index is 14.0. The molecule has 202 valence electrons. The van der Waals surface area contributed by atoms with Crippen LogP contribution in [0.15, 0.2) is 17.7 Å². The molecule has 7 heteroatoms. The van der Waals surface area contributed by atoms with E-state index in [2.05, 4.69) is 24.8 Å². The minimum Gasteiger partial charge on any atom is -0.477 e. The summed E-state index contributed by atoms with van der Waals surface area (Å²) < 4.78 is 11.5. The van der Waals surface area contributed by atoms with Crippen LogP contribution in [0, 0.1) is 29.1 Å². The second-order valence-electron chi connectivity index (χ2n) is 11.9. The van der Waals surface area contributed by atoms with Crippen molar-refractivity contribution in [1.82, 2.24) is 0 Å². The third-order valence-corrected chi connectivity index (χ3v) is 8.62. The van der Waals surface area contributed by atoms with Crippen LogP contribution in [0.5, 0.6) is 0 Å². The van der Waals surface area contributed by atoms with Gasteiger partial charge in [0.2, 0.25) is 5.91 Å². The average Bonchev–Trinajstić information content (AvgIpc) is 3.53. The predicted molar refractivity (Wildman–Crippen MR) is 147 cm³/mol. The second kappa shape index (κ2) is 12.1. The normalized spacial score (nSPS) is 26.2. The minimum absolute atomic E-state index is 0.0123. The predicted octanol–water partition coefficient (Wildman–Crippen LogP) is 6.29. The summed E-state index contributed by atoms with van der Waals surface area (Å²) in [6.45, 7) is 10.4. The summed E-state index contributed by atoms with van der Waals surface area (Å²) in [4.78, 5) is 29.1. The molecule has 37 heavy (non-hydrogen) atoms. The van der Waals surface area contributed by atoms with Gasteiger partial charge in [0, 0.05) is 30.6 Å². The van der Waals surface area contributed by atoms with Crippen LogP contribution in [0.4, 0.5) is 5.69 Å². The third kappa shape index (κ3) is 7.46. The molecular weight excluding hydrogens is 486 g/mol. The van der Waals surface area contributed by atoms with Gasteiger partial charge < -0.3 is 19.5 Å². The van der Waals surface area contributed by atoms with Crippen LogP contribution in [0.25, 0.3) is 0 Å². The van der Waals surface area contributed by atoms with Crippen molar-refractivity contribution in [3.63, 3.8) is 0 Å². The molecule has 2 atom stereocenters. The van der Waals surface area contributed by atoms with E-state index >= 15 is 0 Å². The lowest BCUT2D eigenvalue weighted by atomic mass is 9.83. The number of carboxylic acids is 1. The Balaban J connectivity index is 1.57. The Morgan fingerprint density at radius 3 is 2.54 bits per heavy atom. The standard InChI is InChI=1S/C30H41NO5S/c1-20-5-9-22(10-6-20)28(32)31(23-11-7-21(8-12-23)18-36-24-14-16-35-19-24)26-17-25(13-15-30(2,3)4)37-27(26)29(33)34/h5,17,21-24H,6-12,14,16,18-19H2,1-4H3,(H,33,34)/t21?,22-,23?,24?/m0/s1. The molecule has 1 saturated carbocycles. The lowest BCUT2D eigenvalue weighted by Crippen LogP contribution is -2.46. The van der Waals surface area contributed by atoms with Crippen LogP contribution in [0.1, 0.15) is 93.6 Å². The van der Waals surface area contributed by atoms with Crippen molar-refractivity contribution in [2.24, 2.45) is 17.3 Å². The molecule has 2 aliphatic carbocycles. The van der Waals surface area contributed by atoms with Gasteiger partial charge in [-0.15, -0.1) is 11.3 Å². The van der Waals surface area contributed by atoms with Crippen molar-refractivity contribution < 1.29 is 24.2 Å². The first-order chi connectivity index (χ1) is 17.6. The zero-order valence-corrected chi connectivity index (χ0v) is 23.5. The van der Waals surface area contributed by atoms with E-state index in [0.717, 1.165) is 64.6 Å². The van der Waals surface area contributed by atoms with E-state index in [1.807, 2.05) is 31.7 Å². The van der Waals surface area contributed by atoms with Crippen LogP contribution >= 0.6 is 11.3 Å². The number of nitrogens with zero attached hydrogens (tertiary/aromatic N) is 1. The Morgan fingerprint density at radius 1 is 1.19 bits per heavy atom. The van der Waals surface area contributed by atoms with E-state index in [-0.39, 0.29) is 34.3 Å². The van der Waals surface area contributed by atoms with Gasteiger partial charge in [0.1, 0.15) is 4.88 Å².